The van der Waals surface area contributed by atoms with E-state index >= 15 is 0 Å². The maximum absolute atomic E-state index is 13.6. The number of nitrogens with zero attached hydrogens (tertiary/aromatic N) is 3. The molecule has 1 amide bonds. The molecule has 0 unspecified atom stereocenters. The fourth-order valence-electron chi connectivity index (χ4n) is 4.52. The van der Waals surface area contributed by atoms with E-state index in [1.165, 1.54) is 6.08 Å². The van der Waals surface area contributed by atoms with E-state index in [0.717, 1.165) is 46.6 Å². The number of carbonyl (C=O) groups excluding carboxylic acids is 2. The first-order chi connectivity index (χ1) is 17.5. The minimum absolute atomic E-state index is 0.156. The Kier molecular flexibility index (Phi) is 6.67. The summed E-state index contributed by atoms with van der Waals surface area (Å²) in [6, 6.07) is 25.1. The van der Waals surface area contributed by atoms with Gasteiger partial charge in [0.1, 0.15) is 12.4 Å². The van der Waals surface area contributed by atoms with Crippen LogP contribution in [0, 0.1) is 5.92 Å². The first kappa shape index (κ1) is 23.5. The van der Waals surface area contributed by atoms with Crippen molar-refractivity contribution in [3.05, 3.63) is 102 Å². The molecule has 6 nitrogen and oxygen atoms in total. The lowest BCUT2D eigenvalue weighted by molar-refractivity contribution is -0.139. The quantitative estimate of drug-likeness (QED) is 0.238. The fourth-order valence-corrected chi connectivity index (χ4v) is 4.52. The van der Waals surface area contributed by atoms with Gasteiger partial charge in [0.2, 0.25) is 0 Å². The number of aryl methyl sites for hydroxylation is 1. The highest BCUT2D eigenvalue weighted by Gasteiger charge is 2.34. The number of hydrogen-bond donors (Lipinski definition) is 0. The van der Waals surface area contributed by atoms with Gasteiger partial charge >= 0.3 is 5.97 Å². The van der Waals surface area contributed by atoms with Crippen molar-refractivity contribution in [2.75, 3.05) is 4.90 Å². The average Bonchev–Trinajstić information content (AvgIpc) is 3.37. The molecular formula is C30H29N3O3. The van der Waals surface area contributed by atoms with Crippen LogP contribution in [-0.4, -0.2) is 21.4 Å². The van der Waals surface area contributed by atoms with Crippen molar-refractivity contribution in [1.29, 1.82) is 0 Å². The molecule has 36 heavy (non-hydrogen) atoms. The maximum Gasteiger partial charge on any atom is 0.331 e. The molecular weight excluding hydrogens is 450 g/mol. The van der Waals surface area contributed by atoms with Gasteiger partial charge in [-0.1, -0.05) is 74.5 Å². The summed E-state index contributed by atoms with van der Waals surface area (Å²) < 4.78 is 7.63. The van der Waals surface area contributed by atoms with Crippen molar-refractivity contribution in [1.82, 2.24) is 9.55 Å². The predicted octanol–water partition coefficient (Wildman–Crippen LogP) is 5.76. The van der Waals surface area contributed by atoms with E-state index in [2.05, 4.69) is 24.5 Å². The Morgan fingerprint density at radius 2 is 1.69 bits per heavy atom. The normalized spacial score (nSPS) is 14.1. The predicted molar refractivity (Wildman–Crippen MR) is 141 cm³/mol. The maximum atomic E-state index is 13.6. The van der Waals surface area contributed by atoms with Gasteiger partial charge < -0.3 is 14.2 Å². The summed E-state index contributed by atoms with van der Waals surface area (Å²) in [7, 11) is 0. The van der Waals surface area contributed by atoms with E-state index < -0.39 is 5.97 Å². The van der Waals surface area contributed by atoms with E-state index in [1.54, 1.807) is 4.90 Å². The zero-order valence-electron chi connectivity index (χ0n) is 20.6. The number of hydrogen-bond acceptors (Lipinski definition) is 4. The zero-order valence-corrected chi connectivity index (χ0v) is 20.6. The molecule has 182 valence electrons. The second-order valence-corrected chi connectivity index (χ2v) is 9.41. The highest BCUT2D eigenvalue weighted by atomic mass is 16.5. The van der Waals surface area contributed by atoms with Crippen molar-refractivity contribution < 1.29 is 14.3 Å². The van der Waals surface area contributed by atoms with Crippen LogP contribution < -0.4 is 4.90 Å². The Hall–Kier alpha value is -4.19. The van der Waals surface area contributed by atoms with E-state index in [9.17, 15) is 9.59 Å². The molecule has 0 saturated heterocycles. The van der Waals surface area contributed by atoms with Crippen LogP contribution in [0.4, 0.5) is 5.69 Å². The molecule has 0 fully saturated rings. The molecule has 0 radical (unpaired) electrons. The highest BCUT2D eigenvalue weighted by Crippen LogP contribution is 2.37. The smallest absolute Gasteiger partial charge is 0.331 e. The molecule has 0 N–H and O–H groups in total. The second-order valence-electron chi connectivity index (χ2n) is 9.41. The van der Waals surface area contributed by atoms with Crippen molar-refractivity contribution in [2.24, 2.45) is 5.92 Å². The number of benzene rings is 3. The van der Waals surface area contributed by atoms with E-state index in [-0.39, 0.29) is 12.5 Å². The van der Waals surface area contributed by atoms with Gasteiger partial charge in [-0.15, -0.1) is 0 Å². The van der Waals surface area contributed by atoms with Crippen LogP contribution in [0.2, 0.25) is 0 Å². The van der Waals surface area contributed by atoms with Crippen LogP contribution in [0.5, 0.6) is 0 Å². The molecule has 5 rings (SSSR count). The van der Waals surface area contributed by atoms with Gasteiger partial charge in [-0.05, 0) is 36.1 Å². The van der Waals surface area contributed by atoms with Crippen molar-refractivity contribution in [2.45, 2.75) is 40.0 Å². The monoisotopic (exact) mass is 479 g/mol. The minimum atomic E-state index is -0.539. The summed E-state index contributed by atoms with van der Waals surface area (Å²) in [6.07, 6.45) is 2.32. The zero-order chi connectivity index (χ0) is 25.1. The molecule has 0 saturated carbocycles. The molecule has 4 aromatic rings. The summed E-state index contributed by atoms with van der Waals surface area (Å²) in [4.78, 5) is 32.8. The van der Waals surface area contributed by atoms with Gasteiger partial charge in [0, 0.05) is 18.2 Å². The van der Waals surface area contributed by atoms with Gasteiger partial charge in [-0.2, -0.15) is 0 Å². The molecule has 0 spiro atoms. The Morgan fingerprint density at radius 3 is 2.50 bits per heavy atom. The Bertz CT molecular complexity index is 1440. The molecule has 1 aromatic heterocycles. The van der Waals surface area contributed by atoms with Crippen molar-refractivity contribution in [3.63, 3.8) is 0 Å². The second kappa shape index (κ2) is 10.2. The molecule has 2 heterocycles. The molecule has 3 aromatic carbocycles. The van der Waals surface area contributed by atoms with Gasteiger partial charge in [-0.3, -0.25) is 4.79 Å². The summed E-state index contributed by atoms with van der Waals surface area (Å²) in [5, 5.41) is 0. The fraction of sp³-hybridized carbons (Fsp3) is 0.233. The van der Waals surface area contributed by atoms with Gasteiger partial charge in [0.15, 0.2) is 0 Å². The van der Waals surface area contributed by atoms with Gasteiger partial charge in [-0.25, -0.2) is 9.78 Å². The van der Waals surface area contributed by atoms with Gasteiger partial charge in [0.25, 0.3) is 5.91 Å². The number of amides is 1. The molecule has 6 heteroatoms. The van der Waals surface area contributed by atoms with E-state index in [1.807, 2.05) is 72.8 Å². The highest BCUT2D eigenvalue weighted by molar-refractivity contribution is 6.34. The van der Waals surface area contributed by atoms with Crippen LogP contribution in [0.3, 0.4) is 0 Å². The Balaban J connectivity index is 1.43. The standard InChI is InChI=1S/C30H29N3O3/c1-21(2)16-17-32-27-15-9-7-13-25(27)31-28(32)19-33-26-14-8-6-12-23(26)24(30(33)35)18-29(34)36-20-22-10-4-3-5-11-22/h3-15,18,21H,16-17,19-20H2,1-2H3/b24-18+. The van der Waals surface area contributed by atoms with Gasteiger partial charge in [0.05, 0.1) is 28.8 Å². The molecule has 0 aliphatic carbocycles. The number of anilines is 1. The molecule has 0 atom stereocenters. The summed E-state index contributed by atoms with van der Waals surface area (Å²) in [5.74, 6) is 0.607. The third-order valence-electron chi connectivity index (χ3n) is 6.41. The van der Waals surface area contributed by atoms with Crippen LogP contribution in [0.15, 0.2) is 84.9 Å². The van der Waals surface area contributed by atoms with Crippen LogP contribution in [0.1, 0.15) is 37.2 Å². The lowest BCUT2D eigenvalue weighted by Gasteiger charge is -2.18. The van der Waals surface area contributed by atoms with E-state index in [4.69, 9.17) is 9.72 Å². The van der Waals surface area contributed by atoms with Crippen LogP contribution in [0.25, 0.3) is 16.6 Å². The van der Waals surface area contributed by atoms with E-state index in [0.29, 0.717) is 18.0 Å². The Morgan fingerprint density at radius 1 is 0.972 bits per heavy atom. The SMILES string of the molecule is CC(C)CCn1c(CN2C(=O)/C(=C/C(=O)OCc3ccccc3)c3ccccc32)nc2ccccc21. The number of fused-ring (bicyclic) bond motifs is 2. The van der Waals surface area contributed by atoms with Crippen molar-refractivity contribution in [3.8, 4) is 0 Å². The van der Waals surface area contributed by atoms with Crippen LogP contribution >= 0.6 is 0 Å². The summed E-state index contributed by atoms with van der Waals surface area (Å²) >= 11 is 0. The number of para-hydroxylation sites is 3. The number of rotatable bonds is 8. The summed E-state index contributed by atoms with van der Waals surface area (Å²) in [5.41, 5.74) is 4.71. The number of imidazole rings is 1. The first-order valence-corrected chi connectivity index (χ1v) is 12.3. The Labute approximate surface area is 210 Å². The topological polar surface area (TPSA) is 64.4 Å². The third-order valence-corrected chi connectivity index (χ3v) is 6.41. The average molecular weight is 480 g/mol. The first-order valence-electron chi connectivity index (χ1n) is 12.3. The number of carbonyl (C=O) groups is 2. The molecule has 1 aliphatic heterocycles. The van der Waals surface area contributed by atoms with Crippen LogP contribution in [-0.2, 0) is 34.0 Å². The number of ether oxygens (including phenoxy) is 1. The molecule has 1 aliphatic rings. The molecule has 0 bridgehead atoms. The lowest BCUT2D eigenvalue weighted by atomic mass is 10.1. The van der Waals surface area contributed by atoms with Crippen molar-refractivity contribution >= 4 is 34.2 Å². The lowest BCUT2D eigenvalue weighted by Crippen LogP contribution is -2.28. The minimum Gasteiger partial charge on any atom is -0.458 e. The summed E-state index contributed by atoms with van der Waals surface area (Å²) in [6.45, 7) is 5.70. The largest absolute Gasteiger partial charge is 0.458 e. The third kappa shape index (κ3) is 4.80. The number of esters is 1. The number of aromatic nitrogens is 2.